The van der Waals surface area contributed by atoms with Gasteiger partial charge in [-0.1, -0.05) is 0 Å². The van der Waals surface area contributed by atoms with E-state index in [9.17, 15) is 13.2 Å². The zero-order chi connectivity index (χ0) is 17.0. The van der Waals surface area contributed by atoms with E-state index in [4.69, 9.17) is 9.47 Å². The number of esters is 1. The van der Waals surface area contributed by atoms with Gasteiger partial charge in [0.1, 0.15) is 5.75 Å². The monoisotopic (exact) mass is 342 g/mol. The molecule has 2 N–H and O–H groups in total. The van der Waals surface area contributed by atoms with Crippen LogP contribution >= 0.6 is 0 Å². The maximum Gasteiger partial charge on any atom is 0.347 e. The van der Waals surface area contributed by atoms with Crippen molar-refractivity contribution in [1.29, 1.82) is 0 Å². The molecule has 2 rings (SSSR count). The number of rotatable bonds is 7. The largest absolute Gasteiger partial charge is 0.478 e. The molecule has 1 aliphatic heterocycles. The molecule has 0 fully saturated rings. The number of benzene rings is 1. The van der Waals surface area contributed by atoms with Crippen LogP contribution in [0.15, 0.2) is 23.1 Å². The Morgan fingerprint density at radius 3 is 2.87 bits per heavy atom. The molecule has 0 spiro atoms. The zero-order valence-electron chi connectivity index (χ0n) is 13.5. The maximum atomic E-state index is 12.3. The van der Waals surface area contributed by atoms with Gasteiger partial charge in [-0.3, -0.25) is 0 Å². The summed E-state index contributed by atoms with van der Waals surface area (Å²) in [4.78, 5) is 11.9. The van der Waals surface area contributed by atoms with E-state index in [-0.39, 0.29) is 24.1 Å². The van der Waals surface area contributed by atoms with Gasteiger partial charge >= 0.3 is 5.97 Å². The van der Waals surface area contributed by atoms with Crippen molar-refractivity contribution >= 4 is 16.0 Å². The normalized spacial score (nSPS) is 18.1. The summed E-state index contributed by atoms with van der Waals surface area (Å²) in [5, 5.41) is 2.96. The molecule has 0 bridgehead atoms. The number of carbonyl (C=O) groups excluding carboxylic acids is 1. The predicted molar refractivity (Wildman–Crippen MR) is 84.9 cm³/mol. The number of fused-ring (bicyclic) bond motifs is 1. The molecule has 0 aliphatic carbocycles. The third-order valence-electron chi connectivity index (χ3n) is 3.64. The summed E-state index contributed by atoms with van der Waals surface area (Å²) in [6.07, 6.45) is -0.398. The standard InChI is InChI=1S/C15H22N2O5S/c1-4-21-15(18)14-8-11-7-12(5-6-13(11)22-14)23(19,20)17-9-10(2)16-3/h5-7,10,14,16-17H,4,8-9H2,1-3H3. The van der Waals surface area contributed by atoms with Gasteiger partial charge in [0, 0.05) is 19.0 Å². The van der Waals surface area contributed by atoms with Gasteiger partial charge in [0.25, 0.3) is 0 Å². The Balaban J connectivity index is 2.11. The van der Waals surface area contributed by atoms with Crippen LogP contribution in [0.25, 0.3) is 0 Å². The quantitative estimate of drug-likeness (QED) is 0.699. The zero-order valence-corrected chi connectivity index (χ0v) is 14.3. The predicted octanol–water partition coefficient (Wildman–Crippen LogP) is 0.439. The summed E-state index contributed by atoms with van der Waals surface area (Å²) in [6, 6.07) is 4.61. The van der Waals surface area contributed by atoms with Gasteiger partial charge in [-0.05, 0) is 44.7 Å². The van der Waals surface area contributed by atoms with E-state index in [1.165, 1.54) is 6.07 Å². The summed E-state index contributed by atoms with van der Waals surface area (Å²) in [6.45, 7) is 4.17. The highest BCUT2D eigenvalue weighted by atomic mass is 32.2. The smallest absolute Gasteiger partial charge is 0.347 e. The number of nitrogens with one attached hydrogen (secondary N) is 2. The van der Waals surface area contributed by atoms with Gasteiger partial charge < -0.3 is 14.8 Å². The first kappa shape index (κ1) is 17.7. The molecule has 1 aliphatic rings. The highest BCUT2D eigenvalue weighted by Gasteiger charge is 2.31. The summed E-state index contributed by atoms with van der Waals surface area (Å²) in [5.41, 5.74) is 0.688. The van der Waals surface area contributed by atoms with Crippen molar-refractivity contribution in [2.75, 3.05) is 20.2 Å². The second-order valence-corrected chi connectivity index (χ2v) is 7.14. The Bertz CT molecular complexity index is 674. The van der Waals surface area contributed by atoms with Crippen LogP contribution in [0.3, 0.4) is 0 Å². The molecule has 0 radical (unpaired) electrons. The highest BCUT2D eigenvalue weighted by Crippen LogP contribution is 2.31. The van der Waals surface area contributed by atoms with Crippen LogP contribution in [-0.4, -0.2) is 46.7 Å². The van der Waals surface area contributed by atoms with E-state index in [1.54, 1.807) is 26.1 Å². The summed E-state index contributed by atoms with van der Waals surface area (Å²) < 4.78 is 37.6. The fourth-order valence-electron chi connectivity index (χ4n) is 2.18. The molecular formula is C15H22N2O5S. The van der Waals surface area contributed by atoms with Crippen molar-refractivity contribution in [2.24, 2.45) is 0 Å². The molecular weight excluding hydrogens is 320 g/mol. The number of sulfonamides is 1. The third-order valence-corrected chi connectivity index (χ3v) is 5.06. The minimum Gasteiger partial charge on any atom is -0.478 e. The van der Waals surface area contributed by atoms with E-state index >= 15 is 0 Å². The molecule has 128 valence electrons. The third kappa shape index (κ3) is 4.21. The number of likely N-dealkylation sites (N-methyl/N-ethyl adjacent to an activating group) is 1. The highest BCUT2D eigenvalue weighted by molar-refractivity contribution is 7.89. The number of hydrogen-bond donors (Lipinski definition) is 2. The molecule has 0 aromatic heterocycles. The Morgan fingerprint density at radius 2 is 2.22 bits per heavy atom. The van der Waals surface area contributed by atoms with Crippen molar-refractivity contribution in [2.45, 2.75) is 37.3 Å². The Morgan fingerprint density at radius 1 is 1.48 bits per heavy atom. The van der Waals surface area contributed by atoms with Crippen LogP contribution in [0.1, 0.15) is 19.4 Å². The lowest BCUT2D eigenvalue weighted by molar-refractivity contribution is -0.150. The lowest BCUT2D eigenvalue weighted by atomic mass is 10.1. The second kappa shape index (κ2) is 7.29. The fraction of sp³-hybridized carbons (Fsp3) is 0.533. The SMILES string of the molecule is CCOC(=O)C1Cc2cc(S(=O)(=O)NCC(C)NC)ccc2O1. The summed E-state index contributed by atoms with van der Waals surface area (Å²) >= 11 is 0. The first-order chi connectivity index (χ1) is 10.9. The van der Waals surface area contributed by atoms with Gasteiger partial charge in [0.05, 0.1) is 11.5 Å². The molecule has 2 unspecified atom stereocenters. The molecule has 8 heteroatoms. The Hall–Kier alpha value is -1.64. The average Bonchev–Trinajstić information content (AvgIpc) is 2.96. The molecule has 0 saturated heterocycles. The first-order valence-corrected chi connectivity index (χ1v) is 8.98. The molecule has 23 heavy (non-hydrogen) atoms. The van der Waals surface area contributed by atoms with Crippen molar-refractivity contribution in [3.05, 3.63) is 23.8 Å². The van der Waals surface area contributed by atoms with E-state index in [2.05, 4.69) is 10.0 Å². The molecule has 1 aromatic rings. The molecule has 1 heterocycles. The molecule has 2 atom stereocenters. The Labute approximate surface area is 136 Å². The van der Waals surface area contributed by atoms with E-state index in [1.807, 2.05) is 6.92 Å². The first-order valence-electron chi connectivity index (χ1n) is 7.50. The minimum absolute atomic E-state index is 0.0238. The van der Waals surface area contributed by atoms with Gasteiger partial charge in [-0.25, -0.2) is 17.9 Å². The fourth-order valence-corrected chi connectivity index (χ4v) is 3.36. The van der Waals surface area contributed by atoms with Crippen LogP contribution in [-0.2, 0) is 26.0 Å². The number of ether oxygens (including phenoxy) is 2. The van der Waals surface area contributed by atoms with Gasteiger partial charge in [-0.2, -0.15) is 0 Å². The van der Waals surface area contributed by atoms with Crippen molar-refractivity contribution in [3.63, 3.8) is 0 Å². The van der Waals surface area contributed by atoms with Crippen LogP contribution in [0.4, 0.5) is 0 Å². The second-order valence-electron chi connectivity index (χ2n) is 5.37. The molecule has 1 aromatic carbocycles. The van der Waals surface area contributed by atoms with Crippen LogP contribution < -0.4 is 14.8 Å². The topological polar surface area (TPSA) is 93.7 Å². The number of hydrogen-bond acceptors (Lipinski definition) is 6. The summed E-state index contributed by atoms with van der Waals surface area (Å²) in [7, 11) is -1.83. The summed E-state index contributed by atoms with van der Waals surface area (Å²) in [5.74, 6) is 0.0830. The maximum absolute atomic E-state index is 12.3. The lowest BCUT2D eigenvalue weighted by Gasteiger charge is -2.12. The van der Waals surface area contributed by atoms with Crippen LogP contribution in [0.5, 0.6) is 5.75 Å². The minimum atomic E-state index is -3.60. The lowest BCUT2D eigenvalue weighted by Crippen LogP contribution is -2.37. The van der Waals surface area contributed by atoms with Crippen molar-refractivity contribution < 1.29 is 22.7 Å². The molecule has 7 nitrogen and oxygen atoms in total. The van der Waals surface area contributed by atoms with E-state index in [0.717, 1.165) is 0 Å². The van der Waals surface area contributed by atoms with Gasteiger partial charge in [0.2, 0.25) is 10.0 Å². The van der Waals surface area contributed by atoms with Gasteiger partial charge in [0.15, 0.2) is 6.10 Å². The van der Waals surface area contributed by atoms with Crippen molar-refractivity contribution in [3.8, 4) is 5.75 Å². The molecule has 0 amide bonds. The number of carbonyl (C=O) groups is 1. The van der Waals surface area contributed by atoms with Crippen molar-refractivity contribution in [1.82, 2.24) is 10.0 Å². The average molecular weight is 342 g/mol. The van der Waals surface area contributed by atoms with Crippen LogP contribution in [0.2, 0.25) is 0 Å². The van der Waals surface area contributed by atoms with E-state index < -0.39 is 22.1 Å². The van der Waals surface area contributed by atoms with E-state index in [0.29, 0.717) is 17.7 Å². The van der Waals surface area contributed by atoms with Gasteiger partial charge in [-0.15, -0.1) is 0 Å². The van der Waals surface area contributed by atoms with Crippen LogP contribution in [0, 0.1) is 0 Å². The molecule has 0 saturated carbocycles. The Kier molecular flexibility index (Phi) is 5.61.